The summed E-state index contributed by atoms with van der Waals surface area (Å²) in [6.45, 7) is 7.15. The molecule has 3 N–H and O–H groups in total. The summed E-state index contributed by atoms with van der Waals surface area (Å²) in [5.74, 6) is -2.52. The van der Waals surface area contributed by atoms with Crippen LogP contribution in [0.25, 0.3) is 0 Å². The van der Waals surface area contributed by atoms with Crippen molar-refractivity contribution in [2.75, 3.05) is 25.5 Å². The molecule has 46 heavy (non-hydrogen) atoms. The Hall–Kier alpha value is -3.80. The van der Waals surface area contributed by atoms with Crippen LogP contribution in [0.15, 0.2) is 30.5 Å². The number of aryl methyl sites for hydroxylation is 1. The average molecular weight is 638 g/mol. The van der Waals surface area contributed by atoms with Crippen LogP contribution in [0, 0.1) is 11.7 Å². The largest absolute Gasteiger partial charge is 0.344 e. The van der Waals surface area contributed by atoms with Gasteiger partial charge in [-0.1, -0.05) is 39.2 Å². The molecule has 2 unspecified atom stereocenters. The highest BCUT2D eigenvalue weighted by molar-refractivity contribution is 6.00. The molecule has 11 nitrogen and oxygen atoms in total. The molecule has 2 aromatic rings. The van der Waals surface area contributed by atoms with Gasteiger partial charge in [0.05, 0.1) is 5.69 Å². The van der Waals surface area contributed by atoms with Gasteiger partial charge in [-0.25, -0.2) is 4.39 Å². The Kier molecular flexibility index (Phi) is 10.8. The van der Waals surface area contributed by atoms with E-state index >= 15 is 4.39 Å². The van der Waals surface area contributed by atoms with Crippen molar-refractivity contribution in [1.82, 2.24) is 30.2 Å². The third-order valence-electron chi connectivity index (χ3n) is 10.3. The molecule has 3 heterocycles. The zero-order chi connectivity index (χ0) is 33.0. The van der Waals surface area contributed by atoms with Gasteiger partial charge in [-0.2, -0.15) is 5.10 Å². The molecule has 1 saturated carbocycles. The van der Waals surface area contributed by atoms with Crippen molar-refractivity contribution in [2.24, 2.45) is 5.92 Å². The second-order valence-corrected chi connectivity index (χ2v) is 13.1. The van der Waals surface area contributed by atoms with E-state index in [1.165, 1.54) is 12.1 Å². The standard InChI is InChI=1S/C34H48FN7O4/c1-5-29(43)38-30(34(46)41-19-24-13-14-25(20-41)40(24)4)21(3)23-12-15-27(26(35)18-23)37-33(45)31(22-10-8-7-9-11-22)39-32(44)28-16-17-36-42(28)6-2/h12,15-18,21-22,24-25,30-31H,5-11,13-14,19-20H2,1-4H3,(H,37,45)(H,38,43)(H,39,44)/t21-,24?,25?,30+,31-/m0/s1. The maximum atomic E-state index is 15.7. The van der Waals surface area contributed by atoms with Crippen LogP contribution >= 0.6 is 0 Å². The van der Waals surface area contributed by atoms with Crippen molar-refractivity contribution in [3.05, 3.63) is 47.5 Å². The predicted molar refractivity (Wildman–Crippen MR) is 173 cm³/mol. The van der Waals surface area contributed by atoms with E-state index < -0.39 is 35.6 Å². The van der Waals surface area contributed by atoms with Crippen LogP contribution in [-0.2, 0) is 20.9 Å². The monoisotopic (exact) mass is 637 g/mol. The molecule has 1 aromatic carbocycles. The number of nitrogens with one attached hydrogen (secondary N) is 3. The van der Waals surface area contributed by atoms with E-state index in [1.54, 1.807) is 29.9 Å². The van der Waals surface area contributed by atoms with Crippen molar-refractivity contribution in [1.29, 1.82) is 0 Å². The number of nitrogens with zero attached hydrogens (tertiary/aromatic N) is 4. The van der Waals surface area contributed by atoms with Crippen molar-refractivity contribution >= 4 is 29.3 Å². The number of rotatable bonds is 11. The minimum Gasteiger partial charge on any atom is -0.344 e. The first-order valence-electron chi connectivity index (χ1n) is 16.8. The number of benzene rings is 1. The van der Waals surface area contributed by atoms with Gasteiger partial charge in [-0.05, 0) is 69.3 Å². The number of halogens is 1. The van der Waals surface area contributed by atoms with E-state index in [-0.39, 0.29) is 29.8 Å². The Morgan fingerprint density at radius 3 is 2.30 bits per heavy atom. The van der Waals surface area contributed by atoms with Gasteiger partial charge in [0.25, 0.3) is 5.91 Å². The molecule has 5 atom stereocenters. The van der Waals surface area contributed by atoms with Gasteiger partial charge in [0, 0.05) is 50.3 Å². The molecule has 1 aliphatic carbocycles. The molecular formula is C34H48FN7O4. The minimum absolute atomic E-state index is 0.00859. The first-order chi connectivity index (χ1) is 22.1. The second-order valence-electron chi connectivity index (χ2n) is 13.1. The normalized spacial score (nSPS) is 22.2. The van der Waals surface area contributed by atoms with Crippen LogP contribution in [0.3, 0.4) is 0 Å². The molecule has 3 fully saturated rings. The average Bonchev–Trinajstić information content (AvgIpc) is 3.61. The highest BCUT2D eigenvalue weighted by Gasteiger charge is 2.42. The number of amides is 4. The number of aromatic nitrogens is 2. The van der Waals surface area contributed by atoms with Crippen LogP contribution in [0.4, 0.5) is 10.1 Å². The predicted octanol–water partition coefficient (Wildman–Crippen LogP) is 3.66. The SMILES string of the molecule is CCC(=O)N[C@@H](C(=O)N1CC2CCC(C1)N2C)[C@@H](C)c1ccc(NC(=O)[C@@H](NC(=O)c2ccnn2CC)C2CCCCC2)c(F)c1. The summed E-state index contributed by atoms with van der Waals surface area (Å²) in [4.78, 5) is 57.3. The van der Waals surface area contributed by atoms with Gasteiger partial charge in [0.2, 0.25) is 17.7 Å². The fourth-order valence-electron chi connectivity index (χ4n) is 7.34. The quantitative estimate of drug-likeness (QED) is 0.345. The molecule has 12 heteroatoms. The molecule has 4 amide bonds. The second kappa shape index (κ2) is 14.7. The lowest BCUT2D eigenvalue weighted by atomic mass is 9.83. The Bertz CT molecular complexity index is 1410. The molecule has 2 saturated heterocycles. The van der Waals surface area contributed by atoms with Crippen LogP contribution in [-0.4, -0.2) is 87.5 Å². The van der Waals surface area contributed by atoms with Crippen LogP contribution in [0.2, 0.25) is 0 Å². The topological polar surface area (TPSA) is 129 Å². The summed E-state index contributed by atoms with van der Waals surface area (Å²) in [7, 11) is 2.10. The third kappa shape index (κ3) is 7.27. The van der Waals surface area contributed by atoms with Gasteiger partial charge in [0.1, 0.15) is 23.6 Å². The van der Waals surface area contributed by atoms with Gasteiger partial charge in [-0.15, -0.1) is 0 Å². The summed E-state index contributed by atoms with van der Waals surface area (Å²) < 4.78 is 17.2. The zero-order valence-electron chi connectivity index (χ0n) is 27.4. The van der Waals surface area contributed by atoms with E-state index in [2.05, 4.69) is 33.0 Å². The lowest BCUT2D eigenvalue weighted by Crippen LogP contribution is -2.59. The zero-order valence-corrected chi connectivity index (χ0v) is 27.4. The van der Waals surface area contributed by atoms with Gasteiger partial charge in [-0.3, -0.25) is 28.8 Å². The lowest BCUT2D eigenvalue weighted by molar-refractivity contribution is -0.139. The number of likely N-dealkylation sites (tertiary alicyclic amines) is 1. The van der Waals surface area contributed by atoms with Crippen molar-refractivity contribution in [3.63, 3.8) is 0 Å². The summed E-state index contributed by atoms with van der Waals surface area (Å²) in [6.07, 6.45) is 8.43. The van der Waals surface area contributed by atoms with Crippen LogP contribution < -0.4 is 16.0 Å². The number of hydrogen-bond donors (Lipinski definition) is 3. The number of carbonyl (C=O) groups is 4. The van der Waals surface area contributed by atoms with Gasteiger partial charge < -0.3 is 20.9 Å². The number of piperazine rings is 1. The minimum atomic E-state index is -0.849. The van der Waals surface area contributed by atoms with Crippen molar-refractivity contribution < 1.29 is 23.6 Å². The maximum Gasteiger partial charge on any atom is 0.270 e. The van der Waals surface area contributed by atoms with E-state index in [9.17, 15) is 19.2 Å². The molecule has 3 aliphatic rings. The summed E-state index contributed by atoms with van der Waals surface area (Å²) >= 11 is 0. The molecule has 250 valence electrons. The molecule has 2 aliphatic heterocycles. The number of hydrogen-bond acceptors (Lipinski definition) is 6. The molecular weight excluding hydrogens is 589 g/mol. The number of likely N-dealkylation sites (N-methyl/N-ethyl adjacent to an activating group) is 1. The van der Waals surface area contributed by atoms with Crippen LogP contribution in [0.5, 0.6) is 0 Å². The Labute approximate surface area is 270 Å². The van der Waals surface area contributed by atoms with E-state index in [1.807, 2.05) is 18.7 Å². The highest BCUT2D eigenvalue weighted by Crippen LogP contribution is 2.32. The van der Waals surface area contributed by atoms with Gasteiger partial charge >= 0.3 is 0 Å². The van der Waals surface area contributed by atoms with E-state index in [4.69, 9.17) is 0 Å². The fraction of sp³-hybridized carbons (Fsp3) is 0.618. The first kappa shape index (κ1) is 33.6. The molecule has 0 radical (unpaired) electrons. The first-order valence-corrected chi connectivity index (χ1v) is 16.8. The lowest BCUT2D eigenvalue weighted by Gasteiger charge is -2.41. The number of carbonyl (C=O) groups excluding carboxylic acids is 4. The summed E-state index contributed by atoms with van der Waals surface area (Å²) in [5.41, 5.74) is 0.891. The fourth-order valence-corrected chi connectivity index (χ4v) is 7.34. The number of fused-ring (bicyclic) bond motifs is 2. The third-order valence-corrected chi connectivity index (χ3v) is 10.3. The summed E-state index contributed by atoms with van der Waals surface area (Å²) in [5, 5.41) is 12.7. The van der Waals surface area contributed by atoms with E-state index in [0.29, 0.717) is 43.0 Å². The Morgan fingerprint density at radius 2 is 1.67 bits per heavy atom. The Morgan fingerprint density at radius 1 is 0.978 bits per heavy atom. The smallest absolute Gasteiger partial charge is 0.270 e. The van der Waals surface area contributed by atoms with Crippen molar-refractivity contribution in [3.8, 4) is 0 Å². The molecule has 5 rings (SSSR count). The summed E-state index contributed by atoms with van der Waals surface area (Å²) in [6, 6.07) is 5.03. The van der Waals surface area contributed by atoms with Crippen LogP contribution in [0.1, 0.15) is 94.1 Å². The Balaban J connectivity index is 1.32. The van der Waals surface area contributed by atoms with Gasteiger partial charge in [0.15, 0.2) is 0 Å². The van der Waals surface area contributed by atoms with Crippen molar-refractivity contribution in [2.45, 2.75) is 109 Å². The molecule has 0 spiro atoms. The maximum absolute atomic E-state index is 15.7. The molecule has 1 aromatic heterocycles. The highest BCUT2D eigenvalue weighted by atomic mass is 19.1. The molecule has 2 bridgehead atoms. The van der Waals surface area contributed by atoms with E-state index in [0.717, 1.165) is 44.9 Å². The number of anilines is 1.